The van der Waals surface area contributed by atoms with E-state index in [1.807, 2.05) is 29.4 Å². The Hall–Kier alpha value is -2.44. The van der Waals surface area contributed by atoms with Gasteiger partial charge < -0.3 is 15.1 Å². The van der Waals surface area contributed by atoms with E-state index in [9.17, 15) is 4.79 Å². The molecule has 6 heteroatoms. The third-order valence-corrected chi connectivity index (χ3v) is 6.57. The smallest absolute Gasteiger partial charge is 0.318 e. The molecule has 0 bridgehead atoms. The van der Waals surface area contributed by atoms with Gasteiger partial charge >= 0.3 is 6.03 Å². The monoisotopic (exact) mass is 421 g/mol. The van der Waals surface area contributed by atoms with Gasteiger partial charge in [0.1, 0.15) is 0 Å². The summed E-state index contributed by atoms with van der Waals surface area (Å²) in [7, 11) is 2.19. The maximum absolute atomic E-state index is 13.1. The molecular formula is C25H35N5O. The van der Waals surface area contributed by atoms with Gasteiger partial charge in [-0.3, -0.25) is 9.88 Å². The Morgan fingerprint density at radius 2 is 1.65 bits per heavy atom. The number of hydrogen-bond acceptors (Lipinski definition) is 4. The molecule has 0 radical (unpaired) electrons. The lowest BCUT2D eigenvalue weighted by Crippen LogP contribution is -2.43. The third kappa shape index (κ3) is 6.05. The molecule has 2 fully saturated rings. The van der Waals surface area contributed by atoms with Gasteiger partial charge in [-0.25, -0.2) is 4.79 Å². The first-order chi connectivity index (χ1) is 15.2. The highest BCUT2D eigenvalue weighted by atomic mass is 16.2. The van der Waals surface area contributed by atoms with Crippen molar-refractivity contribution < 1.29 is 4.79 Å². The molecule has 4 rings (SSSR count). The fourth-order valence-electron chi connectivity index (χ4n) is 4.59. The number of hydrogen-bond donors (Lipinski definition) is 1. The number of likely N-dealkylation sites (tertiary alicyclic amines) is 1. The van der Waals surface area contributed by atoms with E-state index in [1.54, 1.807) is 0 Å². The molecule has 3 heterocycles. The highest BCUT2D eigenvalue weighted by molar-refractivity contribution is 5.74. The first-order valence-electron chi connectivity index (χ1n) is 11.6. The van der Waals surface area contributed by atoms with Crippen LogP contribution in [-0.4, -0.2) is 65.5 Å². The minimum atomic E-state index is 0.0326. The lowest BCUT2D eigenvalue weighted by atomic mass is 10.0. The van der Waals surface area contributed by atoms with Crippen LogP contribution in [0.15, 0.2) is 48.8 Å². The number of carbonyl (C=O) groups excluding carboxylic acids is 1. The number of likely N-dealkylation sites (N-methyl/N-ethyl adjacent to an activating group) is 1. The second-order valence-electron chi connectivity index (χ2n) is 8.89. The fourth-order valence-corrected chi connectivity index (χ4v) is 4.59. The Morgan fingerprint density at radius 1 is 0.935 bits per heavy atom. The van der Waals surface area contributed by atoms with Gasteiger partial charge in [-0.2, -0.15) is 0 Å². The molecule has 0 saturated carbocycles. The van der Waals surface area contributed by atoms with Crippen molar-refractivity contribution in [3.8, 4) is 0 Å². The van der Waals surface area contributed by atoms with Crippen molar-refractivity contribution >= 4 is 6.03 Å². The predicted octanol–water partition coefficient (Wildman–Crippen LogP) is 3.66. The van der Waals surface area contributed by atoms with Crippen molar-refractivity contribution in [2.24, 2.45) is 0 Å². The Labute approximate surface area is 186 Å². The molecule has 2 amide bonds. The van der Waals surface area contributed by atoms with Crippen molar-refractivity contribution in [1.29, 1.82) is 0 Å². The minimum Gasteiger partial charge on any atom is -0.334 e. The summed E-state index contributed by atoms with van der Waals surface area (Å²) in [6, 6.07) is 12.9. The number of urea groups is 1. The number of piperazine rings is 1. The van der Waals surface area contributed by atoms with Gasteiger partial charge in [-0.05, 0) is 48.7 Å². The number of aromatic nitrogens is 1. The zero-order valence-electron chi connectivity index (χ0n) is 18.7. The summed E-state index contributed by atoms with van der Waals surface area (Å²) in [5.74, 6) is 0. The maximum atomic E-state index is 13.1. The number of carbonyl (C=O) groups is 1. The van der Waals surface area contributed by atoms with Crippen LogP contribution in [0.4, 0.5) is 4.79 Å². The molecular weight excluding hydrogens is 386 g/mol. The van der Waals surface area contributed by atoms with Crippen LogP contribution < -0.4 is 5.32 Å². The van der Waals surface area contributed by atoms with Crippen molar-refractivity contribution in [2.45, 2.75) is 44.8 Å². The number of benzene rings is 1. The highest BCUT2D eigenvalue weighted by Crippen LogP contribution is 2.29. The predicted molar refractivity (Wildman–Crippen MR) is 124 cm³/mol. The van der Waals surface area contributed by atoms with Gasteiger partial charge in [0.2, 0.25) is 0 Å². The summed E-state index contributed by atoms with van der Waals surface area (Å²) in [6.45, 7) is 6.91. The van der Waals surface area contributed by atoms with Crippen molar-refractivity contribution in [2.75, 3.05) is 39.8 Å². The molecule has 0 spiro atoms. The van der Waals surface area contributed by atoms with Crippen LogP contribution in [0.3, 0.4) is 0 Å². The van der Waals surface area contributed by atoms with Gasteiger partial charge in [0.15, 0.2) is 0 Å². The summed E-state index contributed by atoms with van der Waals surface area (Å²) < 4.78 is 0. The van der Waals surface area contributed by atoms with Crippen molar-refractivity contribution in [3.63, 3.8) is 0 Å². The normalized spacial score (nSPS) is 20.9. The van der Waals surface area contributed by atoms with Gasteiger partial charge in [-0.1, -0.05) is 37.1 Å². The zero-order chi connectivity index (χ0) is 21.5. The average molecular weight is 422 g/mol. The van der Waals surface area contributed by atoms with E-state index >= 15 is 0 Å². The molecule has 1 N–H and O–H groups in total. The highest BCUT2D eigenvalue weighted by Gasteiger charge is 2.26. The first-order valence-corrected chi connectivity index (χ1v) is 11.6. The number of amides is 2. The van der Waals surface area contributed by atoms with Gasteiger partial charge in [-0.15, -0.1) is 0 Å². The molecule has 2 aliphatic rings. The summed E-state index contributed by atoms with van der Waals surface area (Å²) >= 11 is 0. The van der Waals surface area contributed by atoms with Crippen LogP contribution in [0.5, 0.6) is 0 Å². The largest absolute Gasteiger partial charge is 0.334 e. The second-order valence-corrected chi connectivity index (χ2v) is 8.89. The Kier molecular flexibility index (Phi) is 7.54. The molecule has 2 aromatic rings. The molecule has 1 aromatic carbocycles. The lowest BCUT2D eigenvalue weighted by molar-refractivity contribution is 0.148. The van der Waals surface area contributed by atoms with E-state index < -0.39 is 0 Å². The van der Waals surface area contributed by atoms with E-state index in [-0.39, 0.29) is 12.1 Å². The molecule has 0 aliphatic carbocycles. The second kappa shape index (κ2) is 10.7. The van der Waals surface area contributed by atoms with Crippen molar-refractivity contribution in [3.05, 3.63) is 65.5 Å². The van der Waals surface area contributed by atoms with Crippen LogP contribution in [0, 0.1) is 0 Å². The number of nitrogens with zero attached hydrogens (tertiary/aromatic N) is 4. The van der Waals surface area contributed by atoms with Crippen molar-refractivity contribution in [1.82, 2.24) is 25.0 Å². The summed E-state index contributed by atoms with van der Waals surface area (Å²) in [4.78, 5) is 24.1. The molecule has 1 unspecified atom stereocenters. The summed E-state index contributed by atoms with van der Waals surface area (Å²) in [5, 5.41) is 3.16. The van der Waals surface area contributed by atoms with E-state index in [4.69, 9.17) is 0 Å². The molecule has 1 aromatic heterocycles. The number of rotatable bonds is 5. The van der Waals surface area contributed by atoms with E-state index in [0.29, 0.717) is 6.54 Å². The van der Waals surface area contributed by atoms with Gasteiger partial charge in [0.25, 0.3) is 0 Å². The molecule has 1 atom stereocenters. The first kappa shape index (κ1) is 21.8. The third-order valence-electron chi connectivity index (χ3n) is 6.57. The summed E-state index contributed by atoms with van der Waals surface area (Å²) in [6.07, 6.45) is 8.06. The SMILES string of the molecule is CN1CCN(Cc2ccc(CNC(=O)N3CCCCCC3c3ccncc3)cc2)CC1. The topological polar surface area (TPSA) is 51.7 Å². The molecule has 31 heavy (non-hydrogen) atoms. The van der Waals surface area contributed by atoms with Crippen LogP contribution >= 0.6 is 0 Å². The molecule has 2 aliphatic heterocycles. The van der Waals surface area contributed by atoms with E-state index in [2.05, 4.69) is 51.4 Å². The number of nitrogens with one attached hydrogen (secondary N) is 1. The van der Waals surface area contributed by atoms with E-state index in [1.165, 1.54) is 17.5 Å². The summed E-state index contributed by atoms with van der Waals surface area (Å²) in [5.41, 5.74) is 3.66. The standard InChI is InChI=1S/C25H35N5O/c1-28-15-17-29(18-16-28)20-22-8-6-21(7-9-22)19-27-25(31)30-14-4-2-3-5-24(30)23-10-12-26-13-11-23/h6-13,24H,2-5,14-20H2,1H3,(H,27,31). The Bertz CT molecular complexity index is 818. The maximum Gasteiger partial charge on any atom is 0.318 e. The molecule has 6 nitrogen and oxygen atoms in total. The quantitative estimate of drug-likeness (QED) is 0.801. The van der Waals surface area contributed by atoms with Crippen LogP contribution in [0.25, 0.3) is 0 Å². The van der Waals surface area contributed by atoms with E-state index in [0.717, 1.165) is 64.1 Å². The fraction of sp³-hybridized carbons (Fsp3) is 0.520. The molecule has 2 saturated heterocycles. The molecule has 166 valence electrons. The lowest BCUT2D eigenvalue weighted by Gasteiger charge is -2.32. The zero-order valence-corrected chi connectivity index (χ0v) is 18.7. The average Bonchev–Trinajstić information content (AvgIpc) is 3.07. The minimum absolute atomic E-state index is 0.0326. The van der Waals surface area contributed by atoms with Crippen LogP contribution in [0.2, 0.25) is 0 Å². The van der Waals surface area contributed by atoms with Gasteiger partial charge in [0, 0.05) is 58.2 Å². The van der Waals surface area contributed by atoms with Crippen LogP contribution in [-0.2, 0) is 13.1 Å². The van der Waals surface area contributed by atoms with Crippen LogP contribution in [0.1, 0.15) is 48.4 Å². The van der Waals surface area contributed by atoms with Gasteiger partial charge in [0.05, 0.1) is 6.04 Å². The Morgan fingerprint density at radius 3 is 2.39 bits per heavy atom. The number of pyridine rings is 1. The Balaban J connectivity index is 1.32.